The average Bonchev–Trinajstić information content (AvgIpc) is 3.30. The Kier molecular flexibility index (Phi) is 15.0. The Labute approximate surface area is 252 Å². The molecule has 3 heteroatoms. The van der Waals surface area contributed by atoms with Crippen LogP contribution in [0, 0.1) is 46.3 Å². The normalized spacial score (nSPS) is 39.1. The highest BCUT2D eigenvalue weighted by molar-refractivity contribution is 5.16. The first-order valence-electron chi connectivity index (χ1n) is 18.0. The summed E-state index contributed by atoms with van der Waals surface area (Å²) in [6.07, 6.45) is 23.5. The van der Waals surface area contributed by atoms with Crippen LogP contribution in [0.3, 0.4) is 0 Å². The molecular formula is C37H74N2O. The van der Waals surface area contributed by atoms with E-state index in [-0.39, 0.29) is 5.54 Å². The van der Waals surface area contributed by atoms with Gasteiger partial charge >= 0.3 is 0 Å². The Morgan fingerprint density at radius 2 is 1.43 bits per heavy atom. The molecule has 0 aliphatic heterocycles. The molecule has 4 N–H and O–H groups in total. The van der Waals surface area contributed by atoms with Crippen LogP contribution in [-0.4, -0.2) is 30.3 Å². The van der Waals surface area contributed by atoms with Gasteiger partial charge < -0.3 is 16.2 Å². The first-order valence-corrected chi connectivity index (χ1v) is 18.0. The fourth-order valence-corrected chi connectivity index (χ4v) is 10.3. The van der Waals surface area contributed by atoms with Crippen molar-refractivity contribution in [2.24, 2.45) is 52.1 Å². The molecule has 4 aliphatic rings. The fourth-order valence-electron chi connectivity index (χ4n) is 10.3. The number of aliphatic hydroxyl groups is 1. The number of nitrogens with two attached hydrogens (primary N) is 1. The monoisotopic (exact) mass is 563 g/mol. The predicted octanol–water partition coefficient (Wildman–Crippen LogP) is 9.75. The van der Waals surface area contributed by atoms with Gasteiger partial charge in [0.05, 0.1) is 0 Å². The van der Waals surface area contributed by atoms with Gasteiger partial charge in [-0.2, -0.15) is 0 Å². The van der Waals surface area contributed by atoms with E-state index in [1.165, 1.54) is 116 Å². The van der Waals surface area contributed by atoms with Gasteiger partial charge in [0.1, 0.15) is 0 Å². The molecule has 40 heavy (non-hydrogen) atoms. The van der Waals surface area contributed by atoms with Crippen molar-refractivity contribution >= 4 is 0 Å². The molecule has 4 fully saturated rings. The number of hydrogen-bond donors (Lipinski definition) is 3. The lowest BCUT2D eigenvalue weighted by molar-refractivity contribution is -0.128. The van der Waals surface area contributed by atoms with Crippen LogP contribution in [-0.2, 0) is 0 Å². The molecule has 0 aromatic rings. The molecule has 0 saturated heterocycles. The highest BCUT2D eigenvalue weighted by Gasteiger charge is 2.63. The molecule has 0 heterocycles. The van der Waals surface area contributed by atoms with Gasteiger partial charge in [0.25, 0.3) is 0 Å². The first kappa shape index (κ1) is 36.1. The van der Waals surface area contributed by atoms with Crippen molar-refractivity contribution in [2.45, 2.75) is 176 Å². The summed E-state index contributed by atoms with van der Waals surface area (Å²) < 4.78 is 0. The Morgan fingerprint density at radius 3 is 2.02 bits per heavy atom. The van der Waals surface area contributed by atoms with E-state index in [0.717, 1.165) is 42.6 Å². The van der Waals surface area contributed by atoms with Gasteiger partial charge in [0.15, 0.2) is 0 Å². The van der Waals surface area contributed by atoms with E-state index < -0.39 is 0 Å². The Hall–Kier alpha value is -0.120. The highest BCUT2D eigenvalue weighted by Crippen LogP contribution is 2.68. The Balaban J connectivity index is 0.000000622. The molecule has 0 amide bonds. The summed E-state index contributed by atoms with van der Waals surface area (Å²) in [6, 6.07) is 0.655. The lowest BCUT2D eigenvalue weighted by Crippen LogP contribution is -2.68. The summed E-state index contributed by atoms with van der Waals surface area (Å²) in [7, 11) is 1.00. The maximum Gasteiger partial charge on any atom is 0.0319 e. The van der Waals surface area contributed by atoms with Gasteiger partial charge in [0.2, 0.25) is 0 Å². The van der Waals surface area contributed by atoms with Gasteiger partial charge in [-0.05, 0) is 117 Å². The van der Waals surface area contributed by atoms with Gasteiger partial charge in [0, 0.05) is 18.7 Å². The van der Waals surface area contributed by atoms with E-state index in [2.05, 4.69) is 60.7 Å². The van der Waals surface area contributed by atoms with Crippen LogP contribution >= 0.6 is 0 Å². The third-order valence-electron chi connectivity index (χ3n) is 12.8. The summed E-state index contributed by atoms with van der Waals surface area (Å²) >= 11 is 0. The second-order valence-corrected chi connectivity index (χ2v) is 15.6. The van der Waals surface area contributed by atoms with Gasteiger partial charge in [-0.15, -0.1) is 0 Å². The molecule has 0 aromatic heterocycles. The number of nitrogens with one attached hydrogen (secondary N) is 1. The zero-order valence-corrected chi connectivity index (χ0v) is 28.8. The van der Waals surface area contributed by atoms with Crippen molar-refractivity contribution in [2.75, 3.05) is 13.7 Å². The topological polar surface area (TPSA) is 58.3 Å². The van der Waals surface area contributed by atoms with Crippen molar-refractivity contribution < 1.29 is 5.11 Å². The van der Waals surface area contributed by atoms with Crippen molar-refractivity contribution in [3.05, 3.63) is 0 Å². The van der Waals surface area contributed by atoms with Crippen LogP contribution in [0.5, 0.6) is 0 Å². The Bertz CT molecular complexity index is 692. The molecule has 0 spiro atoms. The first-order chi connectivity index (χ1) is 19.1. The smallest absolute Gasteiger partial charge is 0.0319 e. The molecule has 3 nitrogen and oxygen atoms in total. The lowest BCUT2D eigenvalue weighted by atomic mass is 9.42. The largest absolute Gasteiger partial charge is 0.400 e. The third kappa shape index (κ3) is 8.07. The summed E-state index contributed by atoms with van der Waals surface area (Å²) in [5.74, 6) is 5.50. The molecule has 0 aromatic carbocycles. The van der Waals surface area contributed by atoms with Crippen LogP contribution in [0.2, 0.25) is 0 Å². The SMILES string of the molecule is CCCCCC.CCCCNC1CCC2(C)C3CCC4(C)C(C(C)CCC(C)C)CCC4C3CCC2(N)C1.CO. The summed E-state index contributed by atoms with van der Waals surface area (Å²) in [5, 5.41) is 10.9. The van der Waals surface area contributed by atoms with E-state index in [1.54, 1.807) is 0 Å². The number of rotatable bonds is 11. The number of hydrogen-bond acceptors (Lipinski definition) is 3. The van der Waals surface area contributed by atoms with Crippen molar-refractivity contribution in [3.8, 4) is 0 Å². The second kappa shape index (κ2) is 16.7. The quantitative estimate of drug-likeness (QED) is 0.220. The summed E-state index contributed by atoms with van der Waals surface area (Å²) in [4.78, 5) is 0. The second-order valence-electron chi connectivity index (χ2n) is 15.6. The van der Waals surface area contributed by atoms with Crippen molar-refractivity contribution in [3.63, 3.8) is 0 Å². The summed E-state index contributed by atoms with van der Waals surface area (Å²) in [6.45, 7) is 20.7. The number of unbranched alkanes of at least 4 members (excludes halogenated alkanes) is 4. The Morgan fingerprint density at radius 1 is 0.775 bits per heavy atom. The molecule has 4 saturated carbocycles. The van der Waals surface area contributed by atoms with E-state index in [4.69, 9.17) is 10.8 Å². The van der Waals surface area contributed by atoms with Crippen LogP contribution in [0.25, 0.3) is 0 Å². The molecule has 4 rings (SSSR count). The van der Waals surface area contributed by atoms with Crippen LogP contribution in [0.4, 0.5) is 0 Å². The van der Waals surface area contributed by atoms with Crippen LogP contribution in [0.15, 0.2) is 0 Å². The molecule has 4 aliphatic carbocycles. The average molecular weight is 563 g/mol. The highest BCUT2D eigenvalue weighted by atomic mass is 16.2. The maximum atomic E-state index is 7.37. The van der Waals surface area contributed by atoms with Gasteiger partial charge in [-0.25, -0.2) is 0 Å². The van der Waals surface area contributed by atoms with Gasteiger partial charge in [-0.1, -0.05) is 100 Å². The van der Waals surface area contributed by atoms with E-state index in [1.807, 2.05) is 0 Å². The molecule has 0 bridgehead atoms. The molecule has 238 valence electrons. The van der Waals surface area contributed by atoms with E-state index >= 15 is 0 Å². The predicted molar refractivity (Wildman–Crippen MR) is 177 cm³/mol. The number of fused-ring (bicyclic) bond motifs is 5. The third-order valence-corrected chi connectivity index (χ3v) is 12.8. The molecular weight excluding hydrogens is 488 g/mol. The van der Waals surface area contributed by atoms with Gasteiger partial charge in [-0.3, -0.25) is 0 Å². The molecule has 9 atom stereocenters. The molecule has 0 radical (unpaired) electrons. The minimum absolute atomic E-state index is 0.0621. The van der Waals surface area contributed by atoms with E-state index in [9.17, 15) is 0 Å². The maximum absolute atomic E-state index is 7.37. The number of aliphatic hydroxyl groups excluding tert-OH is 1. The van der Waals surface area contributed by atoms with Crippen LogP contribution < -0.4 is 11.1 Å². The lowest BCUT2D eigenvalue weighted by Gasteiger charge is -2.65. The van der Waals surface area contributed by atoms with Crippen molar-refractivity contribution in [1.82, 2.24) is 5.32 Å². The minimum Gasteiger partial charge on any atom is -0.400 e. The van der Waals surface area contributed by atoms with Crippen molar-refractivity contribution in [1.29, 1.82) is 0 Å². The minimum atomic E-state index is 0.0621. The molecule has 9 unspecified atom stereocenters. The van der Waals surface area contributed by atoms with E-state index in [0.29, 0.717) is 16.9 Å². The zero-order valence-electron chi connectivity index (χ0n) is 28.8. The zero-order chi connectivity index (χ0) is 30.0. The standard InChI is InChI=1S/C30H56N2.C6H14.CH4O/c1-7-8-19-32-23-13-17-29(6)27-15-16-28(5)25(22(4)10-9-21(2)3)11-12-26(28)24(27)14-18-30(29,31)20-23;1-3-5-6-4-2;1-2/h21-27,32H,7-20,31H2,1-6H3;3-6H2,1-2H3;2H,1H3. The van der Waals surface area contributed by atoms with Crippen LogP contribution in [0.1, 0.15) is 165 Å². The fraction of sp³-hybridized carbons (Fsp3) is 1.00. The summed E-state index contributed by atoms with van der Waals surface area (Å²) in [5.41, 5.74) is 8.40.